The summed E-state index contributed by atoms with van der Waals surface area (Å²) in [5.74, 6) is 1.90. The van der Waals surface area contributed by atoms with E-state index in [1.54, 1.807) is 18.0 Å². The molecule has 1 unspecified atom stereocenters. The average Bonchev–Trinajstić information content (AvgIpc) is 2.53. The van der Waals surface area contributed by atoms with Gasteiger partial charge >= 0.3 is 0 Å². The Morgan fingerprint density at radius 3 is 3.08 bits per heavy atom. The number of hydrogen-bond acceptors (Lipinski definition) is 3. The molecule has 0 saturated heterocycles. The fourth-order valence-electron chi connectivity index (χ4n) is 0.884. The highest BCUT2D eigenvalue weighted by Gasteiger charge is 2.02. The maximum absolute atomic E-state index is 8.66. The van der Waals surface area contributed by atoms with Crippen LogP contribution in [0.2, 0.25) is 0 Å². The molecule has 0 spiro atoms. The zero-order valence-corrected chi connectivity index (χ0v) is 8.01. The highest BCUT2D eigenvalue weighted by atomic mass is 32.2. The van der Waals surface area contributed by atoms with Gasteiger partial charge in [0.1, 0.15) is 5.76 Å². The first-order valence-corrected chi connectivity index (χ1v) is 5.12. The van der Waals surface area contributed by atoms with Gasteiger partial charge in [0.2, 0.25) is 0 Å². The summed E-state index contributed by atoms with van der Waals surface area (Å²) in [5.41, 5.74) is 0. The summed E-state index contributed by atoms with van der Waals surface area (Å²) in [6.45, 7) is 2.39. The smallest absolute Gasteiger partial charge is 0.113 e. The van der Waals surface area contributed by atoms with Crippen LogP contribution >= 0.6 is 11.8 Å². The molecular formula is C9H14O2S. The molecule has 12 heavy (non-hydrogen) atoms. The highest BCUT2D eigenvalue weighted by Crippen LogP contribution is 2.19. The first-order valence-electron chi connectivity index (χ1n) is 4.07. The monoisotopic (exact) mass is 186 g/mol. The van der Waals surface area contributed by atoms with Gasteiger partial charge in [0.25, 0.3) is 0 Å². The fraction of sp³-hybridized carbons (Fsp3) is 0.556. The summed E-state index contributed by atoms with van der Waals surface area (Å²) in [6, 6.07) is 3.87. The van der Waals surface area contributed by atoms with Crippen molar-refractivity contribution in [2.45, 2.75) is 24.3 Å². The maximum atomic E-state index is 8.66. The minimum atomic E-state index is 0.270. The lowest BCUT2D eigenvalue weighted by Gasteiger charge is -2.06. The van der Waals surface area contributed by atoms with Crippen molar-refractivity contribution in [3.05, 3.63) is 24.2 Å². The van der Waals surface area contributed by atoms with Crippen LogP contribution in [0, 0.1) is 0 Å². The van der Waals surface area contributed by atoms with Crippen LogP contribution < -0.4 is 0 Å². The predicted molar refractivity (Wildman–Crippen MR) is 51.2 cm³/mol. The van der Waals surface area contributed by atoms with Gasteiger partial charge in [-0.15, -0.1) is 0 Å². The molecule has 1 heterocycles. The largest absolute Gasteiger partial charge is 0.468 e. The maximum Gasteiger partial charge on any atom is 0.113 e. The lowest BCUT2D eigenvalue weighted by molar-refractivity contribution is 0.289. The van der Waals surface area contributed by atoms with Gasteiger partial charge in [0.15, 0.2) is 0 Å². The Bertz CT molecular complexity index is 196. The summed E-state index contributed by atoms with van der Waals surface area (Å²) in [6.07, 6.45) is 2.54. The summed E-state index contributed by atoms with van der Waals surface area (Å²) in [4.78, 5) is 0. The first-order chi connectivity index (χ1) is 5.83. The van der Waals surface area contributed by atoms with E-state index in [1.807, 2.05) is 12.1 Å². The molecule has 1 aromatic rings. The summed E-state index contributed by atoms with van der Waals surface area (Å²) in [5, 5.41) is 9.16. The second-order valence-electron chi connectivity index (χ2n) is 2.71. The minimum absolute atomic E-state index is 0.270. The van der Waals surface area contributed by atoms with Gasteiger partial charge in [-0.25, -0.2) is 0 Å². The summed E-state index contributed by atoms with van der Waals surface area (Å²) >= 11 is 1.80. The molecule has 68 valence electrons. The molecule has 1 aromatic heterocycles. The van der Waals surface area contributed by atoms with E-state index in [9.17, 15) is 0 Å². The number of rotatable bonds is 5. The standard InChI is InChI=1S/C9H14O2S/c1-8(4-5-10)12-7-9-3-2-6-11-9/h2-3,6,8,10H,4-5,7H2,1H3. The Labute approximate surface area is 77.0 Å². The Kier molecular flexibility index (Phi) is 4.25. The quantitative estimate of drug-likeness (QED) is 0.766. The van der Waals surface area contributed by atoms with Crippen LogP contribution in [0.4, 0.5) is 0 Å². The molecule has 0 aliphatic heterocycles. The Hall–Kier alpha value is -0.410. The molecule has 0 bridgehead atoms. The minimum Gasteiger partial charge on any atom is -0.468 e. The third kappa shape index (κ3) is 3.32. The predicted octanol–water partition coefficient (Wildman–Crippen LogP) is 2.28. The van der Waals surface area contributed by atoms with Crippen LogP contribution in [-0.4, -0.2) is 17.0 Å². The molecule has 1 atom stereocenters. The number of hydrogen-bond donors (Lipinski definition) is 1. The molecule has 0 saturated carbocycles. The molecule has 0 amide bonds. The van der Waals surface area contributed by atoms with Crippen LogP contribution in [0.25, 0.3) is 0 Å². The van der Waals surface area contributed by atoms with E-state index in [-0.39, 0.29) is 6.61 Å². The van der Waals surface area contributed by atoms with Gasteiger partial charge in [-0.2, -0.15) is 11.8 Å². The Morgan fingerprint density at radius 1 is 1.67 bits per heavy atom. The molecule has 1 rings (SSSR count). The van der Waals surface area contributed by atoms with Gasteiger partial charge in [-0.1, -0.05) is 6.92 Å². The molecule has 1 N–H and O–H groups in total. The van der Waals surface area contributed by atoms with Crippen molar-refractivity contribution >= 4 is 11.8 Å². The SMILES string of the molecule is CC(CCO)SCc1ccco1. The van der Waals surface area contributed by atoms with E-state index in [1.165, 1.54) is 0 Å². The van der Waals surface area contributed by atoms with Crippen molar-refractivity contribution < 1.29 is 9.52 Å². The van der Waals surface area contributed by atoms with Crippen molar-refractivity contribution in [1.82, 2.24) is 0 Å². The lowest BCUT2D eigenvalue weighted by Crippen LogP contribution is -1.99. The summed E-state index contributed by atoms with van der Waals surface area (Å²) in [7, 11) is 0. The zero-order chi connectivity index (χ0) is 8.81. The van der Waals surface area contributed by atoms with Crippen molar-refractivity contribution in [2.24, 2.45) is 0 Å². The third-order valence-electron chi connectivity index (χ3n) is 1.63. The van der Waals surface area contributed by atoms with E-state index in [2.05, 4.69) is 6.92 Å². The number of furan rings is 1. The normalized spacial score (nSPS) is 13.2. The summed E-state index contributed by atoms with van der Waals surface area (Å²) < 4.78 is 5.18. The van der Waals surface area contributed by atoms with Crippen molar-refractivity contribution in [3.63, 3.8) is 0 Å². The Balaban J connectivity index is 2.17. The van der Waals surface area contributed by atoms with E-state index in [0.29, 0.717) is 5.25 Å². The first kappa shape index (κ1) is 9.68. The molecule has 0 aliphatic carbocycles. The van der Waals surface area contributed by atoms with Crippen LogP contribution in [-0.2, 0) is 5.75 Å². The number of thioether (sulfide) groups is 1. The molecular weight excluding hydrogens is 172 g/mol. The van der Waals surface area contributed by atoms with Crippen molar-refractivity contribution in [1.29, 1.82) is 0 Å². The average molecular weight is 186 g/mol. The van der Waals surface area contributed by atoms with Crippen LogP contribution in [0.15, 0.2) is 22.8 Å². The van der Waals surface area contributed by atoms with E-state index < -0.39 is 0 Å². The lowest BCUT2D eigenvalue weighted by atomic mass is 10.3. The topological polar surface area (TPSA) is 33.4 Å². The van der Waals surface area contributed by atoms with Gasteiger partial charge in [-0.05, 0) is 18.6 Å². The van der Waals surface area contributed by atoms with E-state index >= 15 is 0 Å². The van der Waals surface area contributed by atoms with Crippen molar-refractivity contribution in [3.8, 4) is 0 Å². The molecule has 3 heteroatoms. The molecule has 0 fully saturated rings. The van der Waals surface area contributed by atoms with Crippen molar-refractivity contribution in [2.75, 3.05) is 6.61 Å². The molecule has 0 radical (unpaired) electrons. The van der Waals surface area contributed by atoms with Gasteiger partial charge < -0.3 is 9.52 Å². The Morgan fingerprint density at radius 2 is 2.50 bits per heavy atom. The van der Waals surface area contributed by atoms with Gasteiger partial charge in [0, 0.05) is 11.9 Å². The number of aliphatic hydroxyl groups is 1. The highest BCUT2D eigenvalue weighted by molar-refractivity contribution is 7.99. The van der Waals surface area contributed by atoms with Crippen LogP contribution in [0.3, 0.4) is 0 Å². The second-order valence-corrected chi connectivity index (χ2v) is 4.14. The third-order valence-corrected chi connectivity index (χ3v) is 2.88. The van der Waals surface area contributed by atoms with Gasteiger partial charge in [0.05, 0.1) is 12.0 Å². The van der Waals surface area contributed by atoms with Crippen LogP contribution in [0.1, 0.15) is 19.1 Å². The fourth-order valence-corrected chi connectivity index (χ4v) is 1.77. The zero-order valence-electron chi connectivity index (χ0n) is 7.19. The molecule has 0 aromatic carbocycles. The molecule has 2 nitrogen and oxygen atoms in total. The van der Waals surface area contributed by atoms with E-state index in [4.69, 9.17) is 9.52 Å². The van der Waals surface area contributed by atoms with Crippen LogP contribution in [0.5, 0.6) is 0 Å². The molecule has 0 aliphatic rings. The second kappa shape index (κ2) is 5.27. The van der Waals surface area contributed by atoms with E-state index in [0.717, 1.165) is 17.9 Å². The number of aliphatic hydroxyl groups excluding tert-OH is 1. The van der Waals surface area contributed by atoms with Gasteiger partial charge in [-0.3, -0.25) is 0 Å².